The number of carbonyl (C=O) groups is 3. The summed E-state index contributed by atoms with van der Waals surface area (Å²) in [7, 11) is 0. The second kappa shape index (κ2) is 9.28. The highest BCUT2D eigenvalue weighted by Crippen LogP contribution is 2.23. The molecule has 0 saturated carbocycles. The third-order valence-corrected chi connectivity index (χ3v) is 5.59. The molecule has 162 valence electrons. The maximum Gasteiger partial charge on any atom is 0.261 e. The maximum absolute atomic E-state index is 12.3. The largest absolute Gasteiger partial charge is 0.387 e. The number of benzene rings is 2. The average Bonchev–Trinajstić information content (AvgIpc) is 3.06. The monoisotopic (exact) mass is 423 g/mol. The number of fused-ring (bicyclic) bond motifs is 1. The second-order valence-electron chi connectivity index (χ2n) is 7.57. The Morgan fingerprint density at radius 2 is 1.61 bits per heavy atom. The van der Waals surface area contributed by atoms with Crippen molar-refractivity contribution < 1.29 is 24.2 Å². The fourth-order valence-corrected chi connectivity index (χ4v) is 3.80. The van der Waals surface area contributed by atoms with Crippen LogP contribution < -0.4 is 10.2 Å². The number of ether oxygens (including phenoxy) is 1. The average molecular weight is 423 g/mol. The van der Waals surface area contributed by atoms with Crippen LogP contribution in [0.25, 0.3) is 0 Å². The van der Waals surface area contributed by atoms with Crippen LogP contribution in [0.2, 0.25) is 0 Å². The first-order chi connectivity index (χ1) is 15.0. The van der Waals surface area contributed by atoms with Gasteiger partial charge in [0.15, 0.2) is 0 Å². The van der Waals surface area contributed by atoms with E-state index < -0.39 is 6.10 Å². The fourth-order valence-electron chi connectivity index (χ4n) is 3.80. The van der Waals surface area contributed by atoms with Crippen molar-refractivity contribution in [3.05, 3.63) is 65.2 Å². The van der Waals surface area contributed by atoms with Gasteiger partial charge in [-0.15, -0.1) is 0 Å². The van der Waals surface area contributed by atoms with E-state index in [0.717, 1.165) is 23.7 Å². The lowest BCUT2D eigenvalue weighted by Gasteiger charge is -2.29. The van der Waals surface area contributed by atoms with Gasteiger partial charge in [0.1, 0.15) is 0 Å². The summed E-state index contributed by atoms with van der Waals surface area (Å²) in [5, 5.41) is 13.1. The molecule has 8 heteroatoms. The maximum atomic E-state index is 12.3. The van der Waals surface area contributed by atoms with E-state index in [9.17, 15) is 19.5 Å². The van der Waals surface area contributed by atoms with Crippen molar-refractivity contribution >= 4 is 23.4 Å². The van der Waals surface area contributed by atoms with Gasteiger partial charge in [-0.25, -0.2) is 0 Å². The molecule has 1 atom stereocenters. The molecule has 2 aromatic carbocycles. The number of hydrogen-bond acceptors (Lipinski definition) is 6. The van der Waals surface area contributed by atoms with Crippen LogP contribution in [0.15, 0.2) is 48.5 Å². The van der Waals surface area contributed by atoms with Crippen molar-refractivity contribution in [3.63, 3.8) is 0 Å². The Hall–Kier alpha value is -3.23. The third-order valence-electron chi connectivity index (χ3n) is 5.59. The zero-order valence-corrected chi connectivity index (χ0v) is 17.1. The Morgan fingerprint density at radius 1 is 1.00 bits per heavy atom. The van der Waals surface area contributed by atoms with Gasteiger partial charge in [-0.2, -0.15) is 0 Å². The molecule has 31 heavy (non-hydrogen) atoms. The fraction of sp³-hybridized carbons (Fsp3) is 0.348. The number of nitrogens with zero attached hydrogens (tertiary/aromatic N) is 2. The van der Waals surface area contributed by atoms with Crippen LogP contribution in [-0.4, -0.2) is 67.1 Å². The Morgan fingerprint density at radius 3 is 2.23 bits per heavy atom. The number of hydrogen-bond donors (Lipinski definition) is 2. The van der Waals surface area contributed by atoms with Crippen LogP contribution in [0.4, 0.5) is 5.69 Å². The number of aliphatic hydroxyl groups excluding tert-OH is 1. The zero-order chi connectivity index (χ0) is 21.8. The molecule has 1 saturated heterocycles. The van der Waals surface area contributed by atoms with Crippen LogP contribution in [0.3, 0.4) is 0 Å². The molecule has 0 aromatic heterocycles. The Kier molecular flexibility index (Phi) is 6.29. The highest BCUT2D eigenvalue weighted by atomic mass is 16.5. The molecule has 0 radical (unpaired) electrons. The van der Waals surface area contributed by atoms with E-state index in [2.05, 4.69) is 10.2 Å². The van der Waals surface area contributed by atoms with Crippen molar-refractivity contribution in [1.82, 2.24) is 10.2 Å². The molecular formula is C23H25N3O5. The Balaban J connectivity index is 1.24. The summed E-state index contributed by atoms with van der Waals surface area (Å²) in [6, 6.07) is 14.2. The van der Waals surface area contributed by atoms with Gasteiger partial charge in [0.25, 0.3) is 11.8 Å². The summed E-state index contributed by atoms with van der Waals surface area (Å²) < 4.78 is 5.36. The number of imide groups is 1. The molecule has 0 aliphatic carbocycles. The van der Waals surface area contributed by atoms with Crippen LogP contribution in [-0.2, 0) is 9.53 Å². The van der Waals surface area contributed by atoms with Gasteiger partial charge in [0.05, 0.1) is 30.4 Å². The van der Waals surface area contributed by atoms with Crippen LogP contribution in [0.5, 0.6) is 0 Å². The molecule has 1 fully saturated rings. The van der Waals surface area contributed by atoms with Crippen molar-refractivity contribution in [1.29, 1.82) is 0 Å². The van der Waals surface area contributed by atoms with Crippen molar-refractivity contribution in [2.24, 2.45) is 0 Å². The number of carbonyl (C=O) groups excluding carboxylic acids is 3. The van der Waals surface area contributed by atoms with Crippen LogP contribution in [0.1, 0.15) is 38.8 Å². The van der Waals surface area contributed by atoms with E-state index in [1.54, 1.807) is 24.3 Å². The zero-order valence-electron chi connectivity index (χ0n) is 17.1. The molecule has 2 heterocycles. The van der Waals surface area contributed by atoms with Crippen LogP contribution >= 0.6 is 0 Å². The highest BCUT2D eigenvalue weighted by molar-refractivity contribution is 6.21. The quantitative estimate of drug-likeness (QED) is 0.653. The van der Waals surface area contributed by atoms with Gasteiger partial charge in [-0.1, -0.05) is 24.3 Å². The second-order valence-corrected chi connectivity index (χ2v) is 7.57. The van der Waals surface area contributed by atoms with Crippen molar-refractivity contribution in [2.45, 2.75) is 12.5 Å². The van der Waals surface area contributed by atoms with E-state index in [0.29, 0.717) is 29.9 Å². The van der Waals surface area contributed by atoms with Gasteiger partial charge in [-0.05, 0) is 29.8 Å². The van der Waals surface area contributed by atoms with E-state index >= 15 is 0 Å². The molecule has 8 nitrogen and oxygen atoms in total. The minimum atomic E-state index is -0.845. The minimum absolute atomic E-state index is 0.00250. The molecule has 0 bridgehead atoms. The normalized spacial score (nSPS) is 16.9. The number of aliphatic hydroxyl groups is 1. The SMILES string of the molecule is O=C(CCN1C(=O)c2ccccc2C1=O)NCC(O)c1ccc(N2CCOCC2)cc1. The Labute approximate surface area is 180 Å². The lowest BCUT2D eigenvalue weighted by atomic mass is 10.1. The number of rotatable bonds is 7. The lowest BCUT2D eigenvalue weighted by Crippen LogP contribution is -2.36. The first-order valence-corrected chi connectivity index (χ1v) is 10.4. The van der Waals surface area contributed by atoms with Gasteiger partial charge in [0.2, 0.25) is 5.91 Å². The topological polar surface area (TPSA) is 99.2 Å². The smallest absolute Gasteiger partial charge is 0.261 e. The van der Waals surface area contributed by atoms with Crippen LogP contribution in [0, 0.1) is 0 Å². The van der Waals surface area contributed by atoms with E-state index in [-0.39, 0.29) is 37.2 Å². The molecular weight excluding hydrogens is 398 g/mol. The third kappa shape index (κ3) is 4.60. The predicted octanol–water partition coefficient (Wildman–Crippen LogP) is 1.36. The molecule has 2 N–H and O–H groups in total. The lowest BCUT2D eigenvalue weighted by molar-refractivity contribution is -0.121. The van der Waals surface area contributed by atoms with Crippen molar-refractivity contribution in [3.8, 4) is 0 Å². The molecule has 2 aliphatic heterocycles. The molecule has 0 spiro atoms. The van der Waals surface area contributed by atoms with Gasteiger partial charge >= 0.3 is 0 Å². The standard InChI is InChI=1S/C23H25N3O5/c27-20(16-5-7-17(8-6-16)25-11-13-31-14-12-25)15-24-21(28)9-10-26-22(29)18-3-1-2-4-19(18)23(26)30/h1-8,20,27H,9-15H2,(H,24,28). The molecule has 1 unspecified atom stereocenters. The molecule has 3 amide bonds. The molecule has 2 aliphatic rings. The van der Waals surface area contributed by atoms with Crippen molar-refractivity contribution in [2.75, 3.05) is 44.3 Å². The van der Waals surface area contributed by atoms with Gasteiger partial charge in [0, 0.05) is 38.3 Å². The summed E-state index contributed by atoms with van der Waals surface area (Å²) in [5.41, 5.74) is 2.51. The minimum Gasteiger partial charge on any atom is -0.387 e. The van der Waals surface area contributed by atoms with Gasteiger partial charge in [-0.3, -0.25) is 19.3 Å². The number of nitrogens with one attached hydrogen (secondary N) is 1. The van der Waals surface area contributed by atoms with E-state index in [1.807, 2.05) is 24.3 Å². The predicted molar refractivity (Wildman–Crippen MR) is 114 cm³/mol. The summed E-state index contributed by atoms with van der Waals surface area (Å²) in [5.74, 6) is -1.09. The summed E-state index contributed by atoms with van der Waals surface area (Å²) in [6.07, 6.45) is -0.865. The number of morpholine rings is 1. The summed E-state index contributed by atoms with van der Waals surface area (Å²) in [4.78, 5) is 40.2. The van der Waals surface area contributed by atoms with Gasteiger partial charge < -0.3 is 20.1 Å². The first-order valence-electron chi connectivity index (χ1n) is 10.4. The molecule has 2 aromatic rings. The van der Waals surface area contributed by atoms with E-state index in [1.165, 1.54) is 0 Å². The number of anilines is 1. The van der Waals surface area contributed by atoms with E-state index in [4.69, 9.17) is 4.74 Å². The number of amides is 3. The summed E-state index contributed by atoms with van der Waals surface area (Å²) >= 11 is 0. The highest BCUT2D eigenvalue weighted by Gasteiger charge is 2.34. The Bertz CT molecular complexity index is 934. The first kappa shape index (κ1) is 21.0. The summed E-state index contributed by atoms with van der Waals surface area (Å²) in [6.45, 7) is 3.14. The molecule has 4 rings (SSSR count).